The van der Waals surface area contributed by atoms with Gasteiger partial charge in [-0.25, -0.2) is 0 Å². The molecule has 106 valence electrons. The van der Waals surface area contributed by atoms with Crippen LogP contribution < -0.4 is 9.47 Å². The van der Waals surface area contributed by atoms with Crippen LogP contribution in [0.4, 0.5) is 0 Å². The Morgan fingerprint density at radius 2 is 1.74 bits per heavy atom. The van der Waals surface area contributed by atoms with Crippen LogP contribution in [-0.2, 0) is 4.74 Å². The number of hydrogen-bond acceptors (Lipinski definition) is 4. The van der Waals surface area contributed by atoms with E-state index in [-0.39, 0.29) is 6.10 Å². The Bertz CT molecular complexity index is 358. The largest absolute Gasteiger partial charge is 0.492 e. The summed E-state index contributed by atoms with van der Waals surface area (Å²) in [6.45, 7) is 9.38. The van der Waals surface area contributed by atoms with Crippen LogP contribution in [0.5, 0.6) is 11.5 Å². The zero-order valence-corrected chi connectivity index (χ0v) is 11.8. The van der Waals surface area contributed by atoms with Crippen LogP contribution in [0.2, 0.25) is 0 Å². The molecule has 1 fully saturated rings. The maximum absolute atomic E-state index is 5.73. The lowest BCUT2D eigenvalue weighted by Gasteiger charge is -2.26. The summed E-state index contributed by atoms with van der Waals surface area (Å²) in [7, 11) is 0. The van der Waals surface area contributed by atoms with Gasteiger partial charge in [0.2, 0.25) is 0 Å². The van der Waals surface area contributed by atoms with E-state index in [0.29, 0.717) is 6.61 Å². The molecule has 0 aromatic heterocycles. The molecule has 0 saturated carbocycles. The van der Waals surface area contributed by atoms with E-state index in [4.69, 9.17) is 14.2 Å². The van der Waals surface area contributed by atoms with E-state index in [9.17, 15) is 0 Å². The summed E-state index contributed by atoms with van der Waals surface area (Å²) in [4.78, 5) is 2.36. The third kappa shape index (κ3) is 5.09. The Hall–Kier alpha value is -1.26. The second kappa shape index (κ2) is 7.36. The molecule has 0 atom stereocenters. The Morgan fingerprint density at radius 1 is 1.11 bits per heavy atom. The second-order valence-electron chi connectivity index (χ2n) is 4.94. The second-order valence-corrected chi connectivity index (χ2v) is 4.94. The normalized spacial score (nSPS) is 16.6. The van der Waals surface area contributed by atoms with Crippen molar-refractivity contribution in [3.63, 3.8) is 0 Å². The van der Waals surface area contributed by atoms with Crippen LogP contribution in [0, 0.1) is 0 Å². The summed E-state index contributed by atoms with van der Waals surface area (Å²) in [6.07, 6.45) is 0.202. The SMILES string of the molecule is CC(C)Oc1ccc(OCCN2CCOCC2)cc1. The summed E-state index contributed by atoms with van der Waals surface area (Å²) in [6, 6.07) is 7.81. The van der Waals surface area contributed by atoms with Crippen LogP contribution in [0.25, 0.3) is 0 Å². The highest BCUT2D eigenvalue weighted by atomic mass is 16.5. The molecule has 19 heavy (non-hydrogen) atoms. The van der Waals surface area contributed by atoms with Crippen LogP contribution in [0.3, 0.4) is 0 Å². The lowest BCUT2D eigenvalue weighted by Crippen LogP contribution is -2.38. The first kappa shape index (κ1) is 14.2. The fourth-order valence-corrected chi connectivity index (χ4v) is 2.00. The third-order valence-electron chi connectivity index (χ3n) is 2.98. The average Bonchev–Trinajstić information content (AvgIpc) is 2.41. The molecule has 0 radical (unpaired) electrons. The first-order valence-electron chi connectivity index (χ1n) is 6.93. The van der Waals surface area contributed by atoms with Crippen LogP contribution in [-0.4, -0.2) is 50.5 Å². The van der Waals surface area contributed by atoms with Crippen molar-refractivity contribution in [1.29, 1.82) is 0 Å². The molecule has 0 N–H and O–H groups in total. The third-order valence-corrected chi connectivity index (χ3v) is 2.98. The number of morpholine rings is 1. The van der Waals surface area contributed by atoms with Crippen molar-refractivity contribution in [1.82, 2.24) is 4.90 Å². The van der Waals surface area contributed by atoms with Gasteiger partial charge in [-0.3, -0.25) is 4.90 Å². The smallest absolute Gasteiger partial charge is 0.119 e. The Kier molecular flexibility index (Phi) is 5.48. The van der Waals surface area contributed by atoms with E-state index in [1.54, 1.807) is 0 Å². The van der Waals surface area contributed by atoms with Crippen LogP contribution >= 0.6 is 0 Å². The fraction of sp³-hybridized carbons (Fsp3) is 0.600. The van der Waals surface area contributed by atoms with E-state index in [1.807, 2.05) is 38.1 Å². The van der Waals surface area contributed by atoms with E-state index in [1.165, 1.54) is 0 Å². The predicted octanol–water partition coefficient (Wildman–Crippen LogP) is 2.18. The molecule has 0 bridgehead atoms. The van der Waals surface area contributed by atoms with Crippen molar-refractivity contribution in [3.05, 3.63) is 24.3 Å². The van der Waals surface area contributed by atoms with Gasteiger partial charge in [-0.1, -0.05) is 0 Å². The summed E-state index contributed by atoms with van der Waals surface area (Å²) in [5.41, 5.74) is 0. The maximum atomic E-state index is 5.73. The molecule has 4 heteroatoms. The van der Waals surface area contributed by atoms with Crippen molar-refractivity contribution in [2.75, 3.05) is 39.5 Å². The van der Waals surface area contributed by atoms with Crippen LogP contribution in [0.1, 0.15) is 13.8 Å². The van der Waals surface area contributed by atoms with Gasteiger partial charge in [0.25, 0.3) is 0 Å². The molecule has 0 spiro atoms. The molecule has 1 aromatic rings. The van der Waals surface area contributed by atoms with Gasteiger partial charge in [-0.05, 0) is 38.1 Å². The highest BCUT2D eigenvalue weighted by Gasteiger charge is 2.09. The number of nitrogens with zero attached hydrogens (tertiary/aromatic N) is 1. The lowest BCUT2D eigenvalue weighted by molar-refractivity contribution is 0.0322. The van der Waals surface area contributed by atoms with Gasteiger partial charge in [0.1, 0.15) is 18.1 Å². The lowest BCUT2D eigenvalue weighted by atomic mass is 10.3. The maximum Gasteiger partial charge on any atom is 0.119 e. The van der Waals surface area contributed by atoms with Gasteiger partial charge in [-0.15, -0.1) is 0 Å². The molecule has 1 aromatic carbocycles. The van der Waals surface area contributed by atoms with Gasteiger partial charge >= 0.3 is 0 Å². The molecule has 1 aliphatic heterocycles. The van der Waals surface area contributed by atoms with Crippen LogP contribution in [0.15, 0.2) is 24.3 Å². The van der Waals surface area contributed by atoms with Gasteiger partial charge < -0.3 is 14.2 Å². The molecule has 1 saturated heterocycles. The van der Waals surface area contributed by atoms with Gasteiger partial charge in [0.05, 0.1) is 19.3 Å². The van der Waals surface area contributed by atoms with Crippen molar-refractivity contribution in [2.24, 2.45) is 0 Å². The van der Waals surface area contributed by atoms with Crippen molar-refractivity contribution in [3.8, 4) is 11.5 Å². The molecular weight excluding hydrogens is 242 g/mol. The van der Waals surface area contributed by atoms with Crippen molar-refractivity contribution in [2.45, 2.75) is 20.0 Å². The monoisotopic (exact) mass is 265 g/mol. The summed E-state index contributed by atoms with van der Waals surface area (Å²) in [5.74, 6) is 1.78. The molecule has 1 heterocycles. The topological polar surface area (TPSA) is 30.9 Å². The average molecular weight is 265 g/mol. The molecule has 0 aliphatic carbocycles. The summed E-state index contributed by atoms with van der Waals surface area (Å²) < 4.78 is 16.6. The number of ether oxygens (including phenoxy) is 3. The minimum atomic E-state index is 0.202. The first-order valence-corrected chi connectivity index (χ1v) is 6.93. The minimum Gasteiger partial charge on any atom is -0.492 e. The van der Waals surface area contributed by atoms with Gasteiger partial charge in [0.15, 0.2) is 0 Å². The van der Waals surface area contributed by atoms with Gasteiger partial charge in [-0.2, -0.15) is 0 Å². The number of benzene rings is 1. The van der Waals surface area contributed by atoms with E-state index in [0.717, 1.165) is 44.3 Å². The zero-order valence-electron chi connectivity index (χ0n) is 11.8. The molecule has 4 nitrogen and oxygen atoms in total. The summed E-state index contributed by atoms with van der Waals surface area (Å²) >= 11 is 0. The Balaban J connectivity index is 1.70. The standard InChI is InChI=1S/C15H23NO3/c1-13(2)19-15-5-3-14(4-6-15)18-12-9-16-7-10-17-11-8-16/h3-6,13H,7-12H2,1-2H3. The molecule has 1 aliphatic rings. The summed E-state index contributed by atoms with van der Waals surface area (Å²) in [5, 5.41) is 0. The minimum absolute atomic E-state index is 0.202. The number of rotatable bonds is 6. The Morgan fingerprint density at radius 3 is 2.37 bits per heavy atom. The highest BCUT2D eigenvalue weighted by molar-refractivity contribution is 5.31. The fourth-order valence-electron chi connectivity index (χ4n) is 2.00. The first-order chi connectivity index (χ1) is 9.24. The molecule has 0 amide bonds. The molecule has 2 rings (SSSR count). The van der Waals surface area contributed by atoms with E-state index in [2.05, 4.69) is 4.90 Å². The van der Waals surface area contributed by atoms with Crippen molar-refractivity contribution < 1.29 is 14.2 Å². The van der Waals surface area contributed by atoms with E-state index < -0.39 is 0 Å². The molecular formula is C15H23NO3. The van der Waals surface area contributed by atoms with Crippen molar-refractivity contribution >= 4 is 0 Å². The van der Waals surface area contributed by atoms with Gasteiger partial charge in [0, 0.05) is 19.6 Å². The van der Waals surface area contributed by atoms with E-state index >= 15 is 0 Å². The zero-order chi connectivity index (χ0) is 13.5. The predicted molar refractivity (Wildman–Crippen MR) is 75.0 cm³/mol. The number of hydrogen-bond donors (Lipinski definition) is 0. The molecule has 0 unspecified atom stereocenters. The quantitative estimate of drug-likeness (QED) is 0.789. The highest BCUT2D eigenvalue weighted by Crippen LogP contribution is 2.18. The Labute approximate surface area is 115 Å².